The van der Waals surface area contributed by atoms with Gasteiger partial charge in [0, 0.05) is 32.0 Å². The van der Waals surface area contributed by atoms with Gasteiger partial charge in [0.15, 0.2) is 5.96 Å². The summed E-state index contributed by atoms with van der Waals surface area (Å²) in [6, 6.07) is 4.09. The van der Waals surface area contributed by atoms with Gasteiger partial charge in [0.2, 0.25) is 0 Å². The summed E-state index contributed by atoms with van der Waals surface area (Å²) in [4.78, 5) is 8.93. The van der Waals surface area contributed by atoms with E-state index in [1.165, 1.54) is 31.2 Å². The fraction of sp³-hybridized carbons (Fsp3) is 0.647. The molecule has 1 saturated carbocycles. The van der Waals surface area contributed by atoms with Crippen molar-refractivity contribution in [2.75, 3.05) is 19.6 Å². The average Bonchev–Trinajstić information content (AvgIpc) is 2.47. The normalized spacial score (nSPS) is 17.1. The highest BCUT2D eigenvalue weighted by molar-refractivity contribution is 5.79. The lowest BCUT2D eigenvalue weighted by molar-refractivity contribution is 0.139. The number of nitrogens with zero attached hydrogens (tertiary/aromatic N) is 2. The first kappa shape index (κ1) is 15.8. The number of hydrogen-bond acceptors (Lipinski definition) is 2. The highest BCUT2D eigenvalue weighted by atomic mass is 15.2. The maximum absolute atomic E-state index is 4.79. The van der Waals surface area contributed by atoms with Crippen LogP contribution in [-0.4, -0.2) is 30.6 Å². The first-order chi connectivity index (χ1) is 10.3. The van der Waals surface area contributed by atoms with Crippen molar-refractivity contribution in [2.45, 2.75) is 46.0 Å². The highest BCUT2D eigenvalue weighted by Crippen LogP contribution is 2.43. The lowest BCUT2D eigenvalue weighted by Crippen LogP contribution is -2.40. The van der Waals surface area contributed by atoms with Crippen LogP contribution in [0.25, 0.3) is 0 Å². The third-order valence-electron chi connectivity index (χ3n) is 4.51. The van der Waals surface area contributed by atoms with Gasteiger partial charge >= 0.3 is 0 Å². The van der Waals surface area contributed by atoms with Crippen LogP contribution in [0.15, 0.2) is 29.5 Å². The monoisotopic (exact) mass is 288 g/mol. The van der Waals surface area contributed by atoms with E-state index in [1.54, 1.807) is 0 Å². The van der Waals surface area contributed by atoms with E-state index in [2.05, 4.69) is 35.5 Å². The number of rotatable bonds is 7. The second-order valence-electron chi connectivity index (χ2n) is 5.94. The predicted octanol–water partition coefficient (Wildman–Crippen LogP) is 2.76. The first-order valence-corrected chi connectivity index (χ1v) is 8.19. The summed E-state index contributed by atoms with van der Waals surface area (Å²) >= 11 is 0. The number of nitrogens with one attached hydrogen (secondary N) is 2. The first-order valence-electron chi connectivity index (χ1n) is 8.19. The van der Waals surface area contributed by atoms with Crippen LogP contribution in [0, 0.1) is 5.41 Å². The van der Waals surface area contributed by atoms with Crippen LogP contribution in [0.1, 0.15) is 45.1 Å². The number of hydrogen-bond donors (Lipinski definition) is 2. The third kappa shape index (κ3) is 4.73. The summed E-state index contributed by atoms with van der Waals surface area (Å²) in [6.07, 6.45) is 9.98. The molecule has 1 aliphatic rings. The zero-order valence-electron chi connectivity index (χ0n) is 13.4. The van der Waals surface area contributed by atoms with Crippen LogP contribution in [0.4, 0.5) is 0 Å². The summed E-state index contributed by atoms with van der Waals surface area (Å²) in [6.45, 7) is 7.13. The molecule has 116 valence electrons. The molecular formula is C17H28N4. The molecule has 1 aliphatic carbocycles. The van der Waals surface area contributed by atoms with Crippen LogP contribution in [0.5, 0.6) is 0 Å². The van der Waals surface area contributed by atoms with Gasteiger partial charge in [-0.2, -0.15) is 0 Å². The molecule has 0 aromatic carbocycles. The Bertz CT molecular complexity index is 432. The van der Waals surface area contributed by atoms with Crippen molar-refractivity contribution in [1.29, 1.82) is 0 Å². The van der Waals surface area contributed by atoms with E-state index in [1.807, 2.05) is 18.5 Å². The van der Waals surface area contributed by atoms with Crippen LogP contribution in [-0.2, 0) is 6.42 Å². The van der Waals surface area contributed by atoms with Gasteiger partial charge in [0.25, 0.3) is 0 Å². The minimum Gasteiger partial charge on any atom is -0.357 e. The largest absolute Gasteiger partial charge is 0.357 e. The van der Waals surface area contributed by atoms with Crippen molar-refractivity contribution in [3.05, 3.63) is 30.1 Å². The number of aliphatic imine (C=N–C) groups is 1. The molecule has 0 radical (unpaired) electrons. The van der Waals surface area contributed by atoms with Crippen molar-refractivity contribution in [2.24, 2.45) is 10.4 Å². The zero-order valence-corrected chi connectivity index (χ0v) is 13.4. The van der Waals surface area contributed by atoms with Crippen LogP contribution < -0.4 is 10.6 Å². The van der Waals surface area contributed by atoms with E-state index in [0.717, 1.165) is 32.0 Å². The molecule has 4 heteroatoms. The Morgan fingerprint density at radius 2 is 2.19 bits per heavy atom. The lowest BCUT2D eigenvalue weighted by atomic mass is 9.67. The Hall–Kier alpha value is -1.58. The fourth-order valence-corrected chi connectivity index (χ4v) is 2.76. The quantitative estimate of drug-likeness (QED) is 0.599. The molecule has 0 spiro atoms. The Morgan fingerprint density at radius 3 is 2.76 bits per heavy atom. The number of guanidine groups is 1. The molecule has 1 heterocycles. The molecule has 0 amide bonds. The molecule has 2 N–H and O–H groups in total. The molecule has 0 saturated heterocycles. The molecule has 0 bridgehead atoms. The van der Waals surface area contributed by atoms with E-state index in [4.69, 9.17) is 4.99 Å². The Balaban J connectivity index is 1.81. The van der Waals surface area contributed by atoms with E-state index in [0.29, 0.717) is 5.41 Å². The van der Waals surface area contributed by atoms with Crippen LogP contribution in [0.3, 0.4) is 0 Å². The predicted molar refractivity (Wildman–Crippen MR) is 88.5 cm³/mol. The van der Waals surface area contributed by atoms with E-state index in [9.17, 15) is 0 Å². The minimum absolute atomic E-state index is 0.478. The van der Waals surface area contributed by atoms with Crippen molar-refractivity contribution >= 4 is 5.96 Å². The average molecular weight is 288 g/mol. The summed E-state index contributed by atoms with van der Waals surface area (Å²) < 4.78 is 0. The number of aromatic nitrogens is 1. The number of pyridine rings is 1. The minimum atomic E-state index is 0.478. The molecule has 2 rings (SSSR count). The topological polar surface area (TPSA) is 49.3 Å². The summed E-state index contributed by atoms with van der Waals surface area (Å²) in [5.41, 5.74) is 1.73. The SMILES string of the molecule is CCNC(=NCC1(CC)CCC1)NCCc1cccnc1. The van der Waals surface area contributed by atoms with Crippen molar-refractivity contribution in [1.82, 2.24) is 15.6 Å². The maximum Gasteiger partial charge on any atom is 0.191 e. The standard InChI is InChI=1S/C17H28N4/c1-3-17(9-6-10-17)14-21-16(19-4-2)20-12-8-15-7-5-11-18-13-15/h5,7,11,13H,3-4,6,8-10,12,14H2,1-2H3,(H2,19,20,21). The molecule has 1 aromatic rings. The Labute approximate surface area is 128 Å². The molecule has 1 aromatic heterocycles. The van der Waals surface area contributed by atoms with Gasteiger partial charge in [-0.15, -0.1) is 0 Å². The van der Waals surface area contributed by atoms with E-state index < -0.39 is 0 Å². The van der Waals surface area contributed by atoms with Crippen LogP contribution >= 0.6 is 0 Å². The van der Waals surface area contributed by atoms with Gasteiger partial charge in [0.05, 0.1) is 0 Å². The molecular weight excluding hydrogens is 260 g/mol. The van der Waals surface area contributed by atoms with Crippen molar-refractivity contribution < 1.29 is 0 Å². The van der Waals surface area contributed by atoms with Gasteiger partial charge < -0.3 is 10.6 Å². The fourth-order valence-electron chi connectivity index (χ4n) is 2.76. The van der Waals surface area contributed by atoms with Gasteiger partial charge in [-0.25, -0.2) is 0 Å². The lowest BCUT2D eigenvalue weighted by Gasteiger charge is -2.40. The smallest absolute Gasteiger partial charge is 0.191 e. The van der Waals surface area contributed by atoms with Crippen LogP contribution in [0.2, 0.25) is 0 Å². The molecule has 0 atom stereocenters. The molecule has 21 heavy (non-hydrogen) atoms. The summed E-state index contributed by atoms with van der Waals surface area (Å²) in [7, 11) is 0. The van der Waals surface area contributed by atoms with Gasteiger partial charge in [-0.1, -0.05) is 19.4 Å². The second kappa shape index (κ2) is 8.01. The van der Waals surface area contributed by atoms with Gasteiger partial charge in [-0.05, 0) is 49.7 Å². The van der Waals surface area contributed by atoms with Crippen molar-refractivity contribution in [3.63, 3.8) is 0 Å². The highest BCUT2D eigenvalue weighted by Gasteiger charge is 2.34. The van der Waals surface area contributed by atoms with Gasteiger partial charge in [-0.3, -0.25) is 9.98 Å². The zero-order chi connectivity index (χ0) is 15.0. The second-order valence-corrected chi connectivity index (χ2v) is 5.94. The molecule has 1 fully saturated rings. The molecule has 0 unspecified atom stereocenters. The van der Waals surface area contributed by atoms with Gasteiger partial charge in [0.1, 0.15) is 0 Å². The summed E-state index contributed by atoms with van der Waals surface area (Å²) in [5, 5.41) is 6.76. The summed E-state index contributed by atoms with van der Waals surface area (Å²) in [5.74, 6) is 0.945. The third-order valence-corrected chi connectivity index (χ3v) is 4.51. The molecule has 4 nitrogen and oxygen atoms in total. The van der Waals surface area contributed by atoms with E-state index >= 15 is 0 Å². The van der Waals surface area contributed by atoms with E-state index in [-0.39, 0.29) is 0 Å². The van der Waals surface area contributed by atoms with Crippen molar-refractivity contribution in [3.8, 4) is 0 Å². The Morgan fingerprint density at radius 1 is 1.33 bits per heavy atom. The maximum atomic E-state index is 4.79. The molecule has 0 aliphatic heterocycles. The Kier molecular flexibility index (Phi) is 6.03.